The molecule has 1 aliphatic rings. The molecular formula is C13H9FN2O2S. The maximum absolute atomic E-state index is 13.8. The molecular weight excluding hydrogens is 267 g/mol. The topological polar surface area (TPSA) is 50.3 Å². The number of Topliss-reactive ketones (excluding diaryl/α,β-unsaturated/α-hetero) is 1. The Hall–Kier alpha value is -2.08. The van der Waals surface area contributed by atoms with Crippen LogP contribution in [0.4, 0.5) is 10.1 Å². The Morgan fingerprint density at radius 2 is 2.16 bits per heavy atom. The third-order valence-corrected chi connectivity index (χ3v) is 3.82. The van der Waals surface area contributed by atoms with Gasteiger partial charge in [0.25, 0.3) is 11.7 Å². The number of aromatic nitrogens is 1. The summed E-state index contributed by atoms with van der Waals surface area (Å²) < 4.78 is 13.8. The van der Waals surface area contributed by atoms with Crippen molar-refractivity contribution < 1.29 is 14.0 Å². The van der Waals surface area contributed by atoms with Gasteiger partial charge in [0.1, 0.15) is 5.82 Å². The number of thiazole rings is 1. The van der Waals surface area contributed by atoms with E-state index in [2.05, 4.69) is 4.98 Å². The van der Waals surface area contributed by atoms with Crippen molar-refractivity contribution in [3.63, 3.8) is 0 Å². The number of halogens is 1. The van der Waals surface area contributed by atoms with Crippen LogP contribution in [0.3, 0.4) is 0 Å². The quantitative estimate of drug-likeness (QED) is 0.791. The first-order chi connectivity index (χ1) is 9.08. The van der Waals surface area contributed by atoms with Gasteiger partial charge in [-0.25, -0.2) is 9.37 Å². The summed E-state index contributed by atoms with van der Waals surface area (Å²) in [5, 5.41) is 0.863. The first-order valence-electron chi connectivity index (χ1n) is 5.64. The van der Waals surface area contributed by atoms with E-state index in [1.807, 2.05) is 6.92 Å². The van der Waals surface area contributed by atoms with E-state index in [9.17, 15) is 14.0 Å². The number of ketones is 1. The third-order valence-electron chi connectivity index (χ3n) is 2.92. The molecule has 0 fully saturated rings. The Kier molecular flexibility index (Phi) is 2.67. The van der Waals surface area contributed by atoms with Crippen LogP contribution in [-0.4, -0.2) is 16.7 Å². The Morgan fingerprint density at radius 1 is 1.37 bits per heavy atom. The molecule has 0 unspecified atom stereocenters. The molecule has 0 saturated heterocycles. The van der Waals surface area contributed by atoms with Gasteiger partial charge in [-0.15, -0.1) is 11.3 Å². The van der Waals surface area contributed by atoms with E-state index in [0.29, 0.717) is 0 Å². The monoisotopic (exact) mass is 276 g/mol. The van der Waals surface area contributed by atoms with Crippen LogP contribution >= 0.6 is 11.3 Å². The Labute approximate surface area is 112 Å². The largest absolute Gasteiger partial charge is 0.299 e. The first-order valence-corrected chi connectivity index (χ1v) is 6.45. The van der Waals surface area contributed by atoms with Gasteiger partial charge in [0, 0.05) is 11.1 Å². The van der Waals surface area contributed by atoms with Crippen molar-refractivity contribution >= 4 is 28.7 Å². The highest BCUT2D eigenvalue weighted by Gasteiger charge is 2.38. The molecule has 1 amide bonds. The normalized spacial score (nSPS) is 14.1. The Morgan fingerprint density at radius 3 is 2.84 bits per heavy atom. The Balaban J connectivity index is 2.04. The minimum atomic E-state index is -0.689. The highest BCUT2D eigenvalue weighted by atomic mass is 32.1. The number of hydrogen-bond acceptors (Lipinski definition) is 4. The number of hydrogen-bond donors (Lipinski definition) is 0. The SMILES string of the molecule is Cc1ncc(CN2C(=O)C(=O)c3cccc(F)c32)s1. The molecule has 19 heavy (non-hydrogen) atoms. The maximum atomic E-state index is 13.8. The van der Waals surface area contributed by atoms with Crippen LogP contribution in [0, 0.1) is 12.7 Å². The predicted molar refractivity (Wildman–Crippen MR) is 68.8 cm³/mol. The van der Waals surface area contributed by atoms with Crippen LogP contribution in [0.1, 0.15) is 20.2 Å². The summed E-state index contributed by atoms with van der Waals surface area (Å²) in [5.41, 5.74) is 0.204. The van der Waals surface area contributed by atoms with Crippen LogP contribution < -0.4 is 4.90 Å². The molecule has 0 saturated carbocycles. The van der Waals surface area contributed by atoms with E-state index in [1.54, 1.807) is 6.20 Å². The highest BCUT2D eigenvalue weighted by Crippen LogP contribution is 2.33. The van der Waals surface area contributed by atoms with Gasteiger partial charge in [-0.05, 0) is 19.1 Å². The molecule has 0 atom stereocenters. The van der Waals surface area contributed by atoms with Crippen LogP contribution in [0.5, 0.6) is 0 Å². The molecule has 0 radical (unpaired) electrons. The second kappa shape index (κ2) is 4.24. The fourth-order valence-electron chi connectivity index (χ4n) is 2.10. The summed E-state index contributed by atoms with van der Waals surface area (Å²) in [7, 11) is 0. The molecule has 0 N–H and O–H groups in total. The molecule has 2 heterocycles. The molecule has 1 aliphatic heterocycles. The molecule has 0 bridgehead atoms. The number of benzene rings is 1. The van der Waals surface area contributed by atoms with Crippen molar-refractivity contribution in [1.29, 1.82) is 0 Å². The van der Waals surface area contributed by atoms with Crippen molar-refractivity contribution in [2.75, 3.05) is 4.90 Å². The lowest BCUT2D eigenvalue weighted by Crippen LogP contribution is -2.29. The van der Waals surface area contributed by atoms with E-state index in [-0.39, 0.29) is 17.8 Å². The van der Waals surface area contributed by atoms with E-state index in [4.69, 9.17) is 0 Å². The van der Waals surface area contributed by atoms with Gasteiger partial charge in [-0.3, -0.25) is 14.5 Å². The van der Waals surface area contributed by atoms with Gasteiger partial charge in [0.05, 0.1) is 22.8 Å². The van der Waals surface area contributed by atoms with E-state index in [0.717, 1.165) is 9.88 Å². The number of fused-ring (bicyclic) bond motifs is 1. The zero-order valence-electron chi connectivity index (χ0n) is 10.0. The minimum absolute atomic E-state index is 0.0727. The van der Waals surface area contributed by atoms with Gasteiger partial charge in [-0.2, -0.15) is 0 Å². The highest BCUT2D eigenvalue weighted by molar-refractivity contribution is 7.11. The molecule has 3 rings (SSSR count). The third kappa shape index (κ3) is 1.84. The number of nitrogens with zero attached hydrogens (tertiary/aromatic N) is 2. The number of carbonyl (C=O) groups is 2. The maximum Gasteiger partial charge on any atom is 0.299 e. The lowest BCUT2D eigenvalue weighted by atomic mass is 10.1. The molecule has 96 valence electrons. The molecule has 0 aliphatic carbocycles. The molecule has 0 spiro atoms. The number of para-hydroxylation sites is 1. The summed E-state index contributed by atoms with van der Waals surface area (Å²) in [5.74, 6) is -1.90. The van der Waals surface area contributed by atoms with Crippen molar-refractivity contribution in [2.45, 2.75) is 13.5 Å². The van der Waals surface area contributed by atoms with Crippen LogP contribution in [0.15, 0.2) is 24.4 Å². The van der Waals surface area contributed by atoms with Gasteiger partial charge >= 0.3 is 0 Å². The summed E-state index contributed by atoms with van der Waals surface area (Å²) in [6.45, 7) is 2.02. The molecule has 1 aromatic heterocycles. The fourth-order valence-corrected chi connectivity index (χ4v) is 2.88. The van der Waals surface area contributed by atoms with Gasteiger partial charge in [-0.1, -0.05) is 6.07 Å². The zero-order chi connectivity index (χ0) is 13.6. The standard InChI is InChI=1S/C13H9FN2O2S/c1-7-15-5-8(19-7)6-16-11-9(12(17)13(16)18)3-2-4-10(11)14/h2-5H,6H2,1H3. The van der Waals surface area contributed by atoms with Gasteiger partial charge in [0.15, 0.2) is 0 Å². The first kappa shape index (κ1) is 12.0. The molecule has 1 aromatic carbocycles. The second-order valence-electron chi connectivity index (χ2n) is 4.20. The molecule has 6 heteroatoms. The van der Waals surface area contributed by atoms with Crippen LogP contribution in [0.2, 0.25) is 0 Å². The average Bonchev–Trinajstić information content (AvgIpc) is 2.89. The van der Waals surface area contributed by atoms with Crippen LogP contribution in [0.25, 0.3) is 0 Å². The zero-order valence-corrected chi connectivity index (χ0v) is 10.8. The van der Waals surface area contributed by atoms with E-state index in [1.165, 1.54) is 34.4 Å². The number of anilines is 1. The number of rotatable bonds is 2. The summed E-state index contributed by atoms with van der Waals surface area (Å²) in [6.07, 6.45) is 1.64. The summed E-state index contributed by atoms with van der Waals surface area (Å²) >= 11 is 1.42. The summed E-state index contributed by atoms with van der Waals surface area (Å²) in [6, 6.07) is 4.14. The van der Waals surface area contributed by atoms with Crippen molar-refractivity contribution in [3.05, 3.63) is 45.7 Å². The number of aryl methyl sites for hydroxylation is 1. The van der Waals surface area contributed by atoms with Crippen LogP contribution in [-0.2, 0) is 11.3 Å². The van der Waals surface area contributed by atoms with Crippen molar-refractivity contribution in [1.82, 2.24) is 4.98 Å². The average molecular weight is 276 g/mol. The lowest BCUT2D eigenvalue weighted by molar-refractivity contribution is -0.114. The van der Waals surface area contributed by atoms with Crippen molar-refractivity contribution in [2.24, 2.45) is 0 Å². The van der Waals surface area contributed by atoms with Gasteiger partial charge < -0.3 is 0 Å². The predicted octanol–water partition coefficient (Wildman–Crippen LogP) is 2.32. The molecule has 2 aromatic rings. The second-order valence-corrected chi connectivity index (χ2v) is 5.52. The fraction of sp³-hybridized carbons (Fsp3) is 0.154. The summed E-state index contributed by atoms with van der Waals surface area (Å²) in [4.78, 5) is 29.8. The van der Waals surface area contributed by atoms with E-state index < -0.39 is 17.5 Å². The van der Waals surface area contributed by atoms with Crippen molar-refractivity contribution in [3.8, 4) is 0 Å². The lowest BCUT2D eigenvalue weighted by Gasteiger charge is -2.15. The molecule has 4 nitrogen and oxygen atoms in total. The van der Waals surface area contributed by atoms with Gasteiger partial charge in [0.2, 0.25) is 0 Å². The minimum Gasteiger partial charge on any atom is -0.297 e. The Bertz CT molecular complexity index is 696. The smallest absolute Gasteiger partial charge is 0.297 e. The van der Waals surface area contributed by atoms with E-state index >= 15 is 0 Å². The number of amides is 1. The number of carbonyl (C=O) groups excluding carboxylic acids is 2.